The summed E-state index contributed by atoms with van der Waals surface area (Å²) in [5.74, 6) is 0. The first-order valence-corrected chi connectivity index (χ1v) is 8.09. The van der Waals surface area contributed by atoms with Gasteiger partial charge in [0.15, 0.2) is 0 Å². The van der Waals surface area contributed by atoms with Crippen molar-refractivity contribution < 1.29 is 13.2 Å². The van der Waals surface area contributed by atoms with Crippen LogP contribution in [0.25, 0.3) is 0 Å². The molecule has 1 fully saturated rings. The van der Waals surface area contributed by atoms with E-state index >= 15 is 0 Å². The van der Waals surface area contributed by atoms with E-state index in [1.807, 2.05) is 11.4 Å². The number of piperazine rings is 1. The van der Waals surface area contributed by atoms with Crippen LogP contribution in [0.15, 0.2) is 41.8 Å². The van der Waals surface area contributed by atoms with Crippen molar-refractivity contribution in [3.8, 4) is 0 Å². The van der Waals surface area contributed by atoms with E-state index in [0.717, 1.165) is 31.7 Å². The molecule has 22 heavy (non-hydrogen) atoms. The Labute approximate surface area is 131 Å². The third-order valence-electron chi connectivity index (χ3n) is 3.88. The maximum Gasteiger partial charge on any atom is 0.416 e. The molecule has 1 atom stereocenters. The predicted molar refractivity (Wildman–Crippen MR) is 82.0 cm³/mol. The second kappa shape index (κ2) is 6.40. The first-order chi connectivity index (χ1) is 10.6. The number of nitrogens with zero attached hydrogens (tertiary/aromatic N) is 1. The van der Waals surface area contributed by atoms with Gasteiger partial charge in [0.1, 0.15) is 0 Å². The molecule has 0 unspecified atom stereocenters. The fourth-order valence-electron chi connectivity index (χ4n) is 2.80. The van der Waals surface area contributed by atoms with Crippen molar-refractivity contribution >= 4 is 11.3 Å². The standard InChI is InChI=1S/C16H17F3N2S/c17-16(18,19)13-5-3-12(4-6-13)15(14-2-1-11-22-14)21-9-7-20-8-10-21/h1-6,11,15,20H,7-10H2/t15-/m0/s1. The van der Waals surface area contributed by atoms with E-state index in [2.05, 4.69) is 16.3 Å². The molecule has 1 N–H and O–H groups in total. The zero-order chi connectivity index (χ0) is 15.6. The molecule has 0 spiro atoms. The van der Waals surface area contributed by atoms with E-state index in [-0.39, 0.29) is 6.04 Å². The highest BCUT2D eigenvalue weighted by atomic mass is 32.1. The van der Waals surface area contributed by atoms with Crippen LogP contribution in [0.4, 0.5) is 13.2 Å². The molecule has 1 saturated heterocycles. The molecule has 0 aliphatic carbocycles. The van der Waals surface area contributed by atoms with Crippen LogP contribution in [0.3, 0.4) is 0 Å². The van der Waals surface area contributed by atoms with Gasteiger partial charge in [0.2, 0.25) is 0 Å². The van der Waals surface area contributed by atoms with Gasteiger partial charge in [-0.3, -0.25) is 4.90 Å². The molecule has 1 aromatic carbocycles. The summed E-state index contributed by atoms with van der Waals surface area (Å²) in [6, 6.07) is 9.64. The molecular formula is C16H17F3N2S. The molecule has 2 nitrogen and oxygen atoms in total. The summed E-state index contributed by atoms with van der Waals surface area (Å²) in [6.07, 6.45) is -4.29. The molecule has 118 valence electrons. The molecule has 1 aliphatic rings. The van der Waals surface area contributed by atoms with Crippen LogP contribution < -0.4 is 5.32 Å². The van der Waals surface area contributed by atoms with E-state index in [9.17, 15) is 13.2 Å². The number of thiophene rings is 1. The number of rotatable bonds is 3. The number of hydrogen-bond acceptors (Lipinski definition) is 3. The molecule has 2 aromatic rings. The molecule has 0 radical (unpaired) electrons. The number of alkyl halides is 3. The van der Waals surface area contributed by atoms with Gasteiger partial charge < -0.3 is 5.32 Å². The van der Waals surface area contributed by atoms with Crippen molar-refractivity contribution in [2.75, 3.05) is 26.2 Å². The smallest absolute Gasteiger partial charge is 0.314 e. The summed E-state index contributed by atoms with van der Waals surface area (Å²) in [5, 5.41) is 5.32. The van der Waals surface area contributed by atoms with Crippen molar-refractivity contribution in [2.24, 2.45) is 0 Å². The van der Waals surface area contributed by atoms with E-state index in [4.69, 9.17) is 0 Å². The van der Waals surface area contributed by atoms with Gasteiger partial charge in [0.25, 0.3) is 0 Å². The Bertz CT molecular complexity index is 587. The highest BCUT2D eigenvalue weighted by Crippen LogP contribution is 2.34. The molecule has 6 heteroatoms. The van der Waals surface area contributed by atoms with Crippen LogP contribution in [0, 0.1) is 0 Å². The van der Waals surface area contributed by atoms with Crippen molar-refractivity contribution in [3.63, 3.8) is 0 Å². The lowest BCUT2D eigenvalue weighted by molar-refractivity contribution is -0.137. The molecule has 0 saturated carbocycles. The minimum absolute atomic E-state index is 0.0318. The van der Waals surface area contributed by atoms with Crippen LogP contribution in [0.1, 0.15) is 22.0 Å². The molecular weight excluding hydrogens is 309 g/mol. The minimum Gasteiger partial charge on any atom is -0.314 e. The Morgan fingerprint density at radius 1 is 1.05 bits per heavy atom. The predicted octanol–water partition coefficient (Wildman–Crippen LogP) is 3.76. The van der Waals surface area contributed by atoms with Crippen molar-refractivity contribution in [1.82, 2.24) is 10.2 Å². The summed E-state index contributed by atoms with van der Waals surface area (Å²) >= 11 is 1.64. The van der Waals surface area contributed by atoms with Crippen LogP contribution >= 0.6 is 11.3 Å². The van der Waals surface area contributed by atoms with E-state index in [1.54, 1.807) is 23.5 Å². The Balaban J connectivity index is 1.92. The maximum atomic E-state index is 12.7. The Morgan fingerprint density at radius 3 is 2.27 bits per heavy atom. The van der Waals surface area contributed by atoms with Crippen molar-refractivity contribution in [1.29, 1.82) is 0 Å². The summed E-state index contributed by atoms with van der Waals surface area (Å²) in [4.78, 5) is 3.49. The third-order valence-corrected chi connectivity index (χ3v) is 4.81. The lowest BCUT2D eigenvalue weighted by Crippen LogP contribution is -2.45. The number of halogens is 3. The second-order valence-corrected chi connectivity index (χ2v) is 6.30. The van der Waals surface area contributed by atoms with Crippen molar-refractivity contribution in [2.45, 2.75) is 12.2 Å². The molecule has 0 amide bonds. The number of nitrogens with one attached hydrogen (secondary N) is 1. The van der Waals surface area contributed by atoms with Crippen LogP contribution in [0.5, 0.6) is 0 Å². The lowest BCUT2D eigenvalue weighted by atomic mass is 10.0. The van der Waals surface area contributed by atoms with Gasteiger partial charge in [-0.1, -0.05) is 18.2 Å². The van der Waals surface area contributed by atoms with Crippen LogP contribution in [-0.2, 0) is 6.18 Å². The average Bonchev–Trinajstić information content (AvgIpc) is 3.02. The molecule has 1 aromatic heterocycles. The van der Waals surface area contributed by atoms with Gasteiger partial charge in [-0.05, 0) is 29.1 Å². The largest absolute Gasteiger partial charge is 0.416 e. The van der Waals surface area contributed by atoms with Gasteiger partial charge in [-0.2, -0.15) is 13.2 Å². The normalized spacial score (nSPS) is 18.3. The number of hydrogen-bond donors (Lipinski definition) is 1. The van der Waals surface area contributed by atoms with Gasteiger partial charge in [0.05, 0.1) is 11.6 Å². The van der Waals surface area contributed by atoms with Gasteiger partial charge >= 0.3 is 6.18 Å². The SMILES string of the molecule is FC(F)(F)c1ccc([C@@H](c2cccs2)N2CCNCC2)cc1. The Hall–Kier alpha value is -1.37. The number of benzene rings is 1. The van der Waals surface area contributed by atoms with Crippen LogP contribution in [0.2, 0.25) is 0 Å². The quantitative estimate of drug-likeness (QED) is 0.924. The second-order valence-electron chi connectivity index (χ2n) is 5.32. The highest BCUT2D eigenvalue weighted by molar-refractivity contribution is 7.10. The fraction of sp³-hybridized carbons (Fsp3) is 0.375. The Kier molecular flexibility index (Phi) is 4.52. The van der Waals surface area contributed by atoms with Gasteiger partial charge in [0, 0.05) is 31.1 Å². The summed E-state index contributed by atoms with van der Waals surface area (Å²) in [6.45, 7) is 3.60. The van der Waals surface area contributed by atoms with E-state index < -0.39 is 11.7 Å². The van der Waals surface area contributed by atoms with E-state index in [1.165, 1.54) is 17.0 Å². The fourth-order valence-corrected chi connectivity index (χ4v) is 3.68. The Morgan fingerprint density at radius 2 is 1.73 bits per heavy atom. The summed E-state index contributed by atoms with van der Waals surface area (Å²) in [7, 11) is 0. The lowest BCUT2D eigenvalue weighted by Gasteiger charge is -2.34. The van der Waals surface area contributed by atoms with Gasteiger partial charge in [-0.15, -0.1) is 11.3 Å². The zero-order valence-electron chi connectivity index (χ0n) is 11.9. The molecule has 0 bridgehead atoms. The summed E-state index contributed by atoms with van der Waals surface area (Å²) in [5.41, 5.74) is 0.318. The minimum atomic E-state index is -4.29. The maximum absolute atomic E-state index is 12.7. The van der Waals surface area contributed by atoms with Crippen molar-refractivity contribution in [3.05, 3.63) is 57.8 Å². The highest BCUT2D eigenvalue weighted by Gasteiger charge is 2.31. The molecule has 2 heterocycles. The van der Waals surface area contributed by atoms with Crippen LogP contribution in [-0.4, -0.2) is 31.1 Å². The first kappa shape index (κ1) is 15.5. The zero-order valence-corrected chi connectivity index (χ0v) is 12.8. The monoisotopic (exact) mass is 326 g/mol. The first-order valence-electron chi connectivity index (χ1n) is 7.21. The van der Waals surface area contributed by atoms with E-state index in [0.29, 0.717) is 0 Å². The summed E-state index contributed by atoms with van der Waals surface area (Å²) < 4.78 is 38.2. The third kappa shape index (κ3) is 3.34. The molecule has 3 rings (SSSR count). The van der Waals surface area contributed by atoms with Gasteiger partial charge in [-0.25, -0.2) is 0 Å². The average molecular weight is 326 g/mol. The topological polar surface area (TPSA) is 15.3 Å². The molecule has 1 aliphatic heterocycles.